The molecule has 1 saturated carbocycles. The van der Waals surface area contributed by atoms with Crippen LogP contribution in [0.1, 0.15) is 32.6 Å². The van der Waals surface area contributed by atoms with Crippen molar-refractivity contribution in [3.63, 3.8) is 0 Å². The molecule has 0 aromatic heterocycles. The first kappa shape index (κ1) is 12.3. The Bertz CT molecular complexity index is 216. The Balaban J connectivity index is 1.85. The minimum absolute atomic E-state index is 0.615. The highest BCUT2D eigenvalue weighted by molar-refractivity contribution is 5.01. The normalized spacial score (nSPS) is 28.5. The van der Waals surface area contributed by atoms with E-state index in [-0.39, 0.29) is 0 Å². The zero-order valence-electron chi connectivity index (χ0n) is 10.6. The van der Waals surface area contributed by atoms with Gasteiger partial charge in [0.15, 0.2) is 0 Å². The number of ether oxygens (including phenoxy) is 1. The Labute approximate surface area is 99.3 Å². The van der Waals surface area contributed by atoms with Gasteiger partial charge in [-0.25, -0.2) is 0 Å². The second-order valence-electron chi connectivity index (χ2n) is 5.45. The molecule has 1 saturated heterocycles. The van der Waals surface area contributed by atoms with Crippen molar-refractivity contribution < 1.29 is 4.74 Å². The Morgan fingerprint density at radius 1 is 1.44 bits per heavy atom. The zero-order valence-corrected chi connectivity index (χ0v) is 10.6. The van der Waals surface area contributed by atoms with Crippen LogP contribution < -0.4 is 5.73 Å². The van der Waals surface area contributed by atoms with E-state index < -0.39 is 0 Å². The largest absolute Gasteiger partial charge is 0.381 e. The molecule has 2 N–H and O–H groups in total. The molecule has 16 heavy (non-hydrogen) atoms. The van der Waals surface area contributed by atoms with E-state index in [0.717, 1.165) is 32.1 Å². The van der Waals surface area contributed by atoms with Crippen molar-refractivity contribution in [2.45, 2.75) is 32.6 Å². The maximum Gasteiger partial charge on any atom is 0.0512 e. The summed E-state index contributed by atoms with van der Waals surface area (Å²) in [6.07, 6.45) is 5.40. The molecule has 2 rings (SSSR count). The highest BCUT2D eigenvalue weighted by Gasteiger charge is 2.49. The molecular formula is C13H26N2O. The van der Waals surface area contributed by atoms with Crippen LogP contribution in [0.3, 0.4) is 0 Å². The summed E-state index contributed by atoms with van der Waals surface area (Å²) >= 11 is 0. The van der Waals surface area contributed by atoms with Crippen molar-refractivity contribution in [3.8, 4) is 0 Å². The van der Waals surface area contributed by atoms with Gasteiger partial charge in [-0.05, 0) is 44.7 Å². The molecule has 1 aliphatic carbocycles. The molecule has 2 aliphatic rings. The Morgan fingerprint density at radius 2 is 2.25 bits per heavy atom. The maximum absolute atomic E-state index is 5.65. The van der Waals surface area contributed by atoms with E-state index in [4.69, 9.17) is 10.5 Å². The predicted octanol–water partition coefficient (Wildman–Crippen LogP) is 1.47. The molecular weight excluding hydrogens is 200 g/mol. The van der Waals surface area contributed by atoms with Crippen molar-refractivity contribution >= 4 is 0 Å². The minimum atomic E-state index is 0.615. The molecule has 1 aliphatic heterocycles. The smallest absolute Gasteiger partial charge is 0.0512 e. The van der Waals surface area contributed by atoms with Gasteiger partial charge in [0.1, 0.15) is 0 Å². The summed E-state index contributed by atoms with van der Waals surface area (Å²) in [7, 11) is 0. The number of nitrogens with zero attached hydrogens (tertiary/aromatic N) is 1. The van der Waals surface area contributed by atoms with Gasteiger partial charge in [-0.2, -0.15) is 0 Å². The van der Waals surface area contributed by atoms with Crippen molar-refractivity contribution in [1.82, 2.24) is 4.90 Å². The highest BCUT2D eigenvalue weighted by Crippen LogP contribution is 2.51. The van der Waals surface area contributed by atoms with E-state index >= 15 is 0 Å². The number of rotatable bonds is 6. The lowest BCUT2D eigenvalue weighted by atomic mass is 9.63. The molecule has 3 heteroatoms. The summed E-state index contributed by atoms with van der Waals surface area (Å²) < 4.78 is 5.65. The van der Waals surface area contributed by atoms with Crippen molar-refractivity contribution in [2.75, 3.05) is 39.4 Å². The van der Waals surface area contributed by atoms with E-state index in [2.05, 4.69) is 11.8 Å². The Kier molecular flexibility index (Phi) is 4.22. The topological polar surface area (TPSA) is 38.5 Å². The standard InChI is InChI=1S/C13H26N2O/c1-2-16-10-12-9-15(8-4-7-14)11-13(12)5-3-6-13/h12H,2-11,14H2,1H3. The van der Waals surface area contributed by atoms with Gasteiger partial charge in [-0.1, -0.05) is 6.42 Å². The molecule has 1 spiro atoms. The predicted molar refractivity (Wildman–Crippen MR) is 66.4 cm³/mol. The average Bonchev–Trinajstić information content (AvgIpc) is 2.62. The lowest BCUT2D eigenvalue weighted by molar-refractivity contribution is 0.0223. The molecule has 1 unspecified atom stereocenters. The fraction of sp³-hybridized carbons (Fsp3) is 1.00. The fourth-order valence-corrected chi connectivity index (χ4v) is 3.32. The molecule has 0 bridgehead atoms. The molecule has 0 aromatic rings. The van der Waals surface area contributed by atoms with E-state index in [1.165, 1.54) is 38.9 Å². The van der Waals surface area contributed by atoms with Gasteiger partial charge in [0.05, 0.1) is 6.61 Å². The molecule has 0 aromatic carbocycles. The molecule has 94 valence electrons. The molecule has 1 heterocycles. The number of nitrogens with two attached hydrogens (primary N) is 1. The summed E-state index contributed by atoms with van der Waals surface area (Å²) in [6.45, 7) is 8.45. The third kappa shape index (κ3) is 2.41. The van der Waals surface area contributed by atoms with Crippen LogP contribution >= 0.6 is 0 Å². The molecule has 0 radical (unpaired) electrons. The molecule has 2 fully saturated rings. The second-order valence-corrected chi connectivity index (χ2v) is 5.45. The van der Waals surface area contributed by atoms with Crippen LogP contribution in [0.4, 0.5) is 0 Å². The SMILES string of the molecule is CCOCC1CN(CCCN)CC12CCC2. The van der Waals surface area contributed by atoms with E-state index in [9.17, 15) is 0 Å². The summed E-state index contributed by atoms with van der Waals surface area (Å²) in [5, 5.41) is 0. The molecule has 3 nitrogen and oxygen atoms in total. The Morgan fingerprint density at radius 3 is 2.81 bits per heavy atom. The van der Waals surface area contributed by atoms with Gasteiger partial charge < -0.3 is 15.4 Å². The summed E-state index contributed by atoms with van der Waals surface area (Å²) in [5.74, 6) is 0.777. The summed E-state index contributed by atoms with van der Waals surface area (Å²) in [4.78, 5) is 2.61. The van der Waals surface area contributed by atoms with Crippen LogP contribution in [0.2, 0.25) is 0 Å². The Hall–Kier alpha value is -0.120. The zero-order chi connectivity index (χ0) is 11.4. The van der Waals surface area contributed by atoms with Crippen LogP contribution in [0.25, 0.3) is 0 Å². The van der Waals surface area contributed by atoms with Gasteiger partial charge in [0.2, 0.25) is 0 Å². The lowest BCUT2D eigenvalue weighted by Crippen LogP contribution is -2.39. The highest BCUT2D eigenvalue weighted by atomic mass is 16.5. The summed E-state index contributed by atoms with van der Waals surface area (Å²) in [6, 6.07) is 0. The monoisotopic (exact) mass is 226 g/mol. The maximum atomic E-state index is 5.65. The van der Waals surface area contributed by atoms with Crippen molar-refractivity contribution in [2.24, 2.45) is 17.1 Å². The van der Waals surface area contributed by atoms with Gasteiger partial charge in [0, 0.05) is 25.6 Å². The van der Waals surface area contributed by atoms with Crippen molar-refractivity contribution in [1.29, 1.82) is 0 Å². The first-order valence-electron chi connectivity index (χ1n) is 6.81. The fourth-order valence-electron chi connectivity index (χ4n) is 3.32. The van der Waals surface area contributed by atoms with E-state index in [0.29, 0.717) is 5.41 Å². The average molecular weight is 226 g/mol. The van der Waals surface area contributed by atoms with Crippen LogP contribution in [0.5, 0.6) is 0 Å². The quantitative estimate of drug-likeness (QED) is 0.745. The van der Waals surface area contributed by atoms with E-state index in [1.807, 2.05) is 0 Å². The summed E-state index contributed by atoms with van der Waals surface area (Å²) in [5.41, 5.74) is 6.20. The van der Waals surface area contributed by atoms with Gasteiger partial charge in [-0.3, -0.25) is 0 Å². The van der Waals surface area contributed by atoms with Crippen LogP contribution in [0, 0.1) is 11.3 Å². The third-order valence-corrected chi connectivity index (χ3v) is 4.43. The minimum Gasteiger partial charge on any atom is -0.381 e. The first-order chi connectivity index (χ1) is 7.80. The number of hydrogen-bond donors (Lipinski definition) is 1. The van der Waals surface area contributed by atoms with Gasteiger partial charge >= 0.3 is 0 Å². The second kappa shape index (κ2) is 5.48. The molecule has 0 amide bonds. The lowest BCUT2D eigenvalue weighted by Gasteiger charge is -2.43. The van der Waals surface area contributed by atoms with Crippen LogP contribution in [0.15, 0.2) is 0 Å². The molecule has 1 atom stereocenters. The van der Waals surface area contributed by atoms with Gasteiger partial charge in [0.25, 0.3) is 0 Å². The van der Waals surface area contributed by atoms with Gasteiger partial charge in [-0.15, -0.1) is 0 Å². The number of likely N-dealkylation sites (tertiary alicyclic amines) is 1. The third-order valence-electron chi connectivity index (χ3n) is 4.43. The van der Waals surface area contributed by atoms with Crippen molar-refractivity contribution in [3.05, 3.63) is 0 Å². The number of hydrogen-bond acceptors (Lipinski definition) is 3. The van der Waals surface area contributed by atoms with Crippen LogP contribution in [-0.4, -0.2) is 44.3 Å². The first-order valence-corrected chi connectivity index (χ1v) is 6.81. The van der Waals surface area contributed by atoms with Crippen LogP contribution in [-0.2, 0) is 4.74 Å². The van der Waals surface area contributed by atoms with E-state index in [1.54, 1.807) is 0 Å².